The molecule has 15 heavy (non-hydrogen) atoms. The Balaban J connectivity index is 1.75. The van der Waals surface area contributed by atoms with Crippen LogP contribution in [-0.2, 0) is 0 Å². The van der Waals surface area contributed by atoms with Crippen molar-refractivity contribution in [3.05, 3.63) is 22.9 Å². The van der Waals surface area contributed by atoms with Crippen LogP contribution in [0.1, 0.15) is 12.8 Å². The fourth-order valence-electron chi connectivity index (χ4n) is 1.77. The molecular weight excluding hydrogens is 256 g/mol. The summed E-state index contributed by atoms with van der Waals surface area (Å²) in [6, 6.07) is 1.88. The third-order valence-corrected chi connectivity index (χ3v) is 3.19. The molecule has 1 aliphatic rings. The number of hydrogen-bond donors (Lipinski definition) is 0. The van der Waals surface area contributed by atoms with Gasteiger partial charge in [-0.1, -0.05) is 0 Å². The van der Waals surface area contributed by atoms with E-state index in [4.69, 9.17) is 4.74 Å². The van der Waals surface area contributed by atoms with E-state index in [9.17, 15) is 0 Å². The van der Waals surface area contributed by atoms with E-state index in [1.54, 1.807) is 12.4 Å². The predicted molar refractivity (Wildman–Crippen MR) is 63.1 cm³/mol. The van der Waals surface area contributed by atoms with Gasteiger partial charge in [0.25, 0.3) is 0 Å². The zero-order valence-corrected chi connectivity index (χ0v) is 10.2. The van der Waals surface area contributed by atoms with E-state index >= 15 is 0 Å². The van der Waals surface area contributed by atoms with Gasteiger partial charge in [-0.3, -0.25) is 9.88 Å². The highest BCUT2D eigenvalue weighted by Gasteiger charge is 2.10. The van der Waals surface area contributed by atoms with Crippen molar-refractivity contribution in [2.45, 2.75) is 12.8 Å². The summed E-state index contributed by atoms with van der Waals surface area (Å²) in [5.74, 6) is 0.879. The van der Waals surface area contributed by atoms with Crippen LogP contribution in [0, 0.1) is 0 Å². The van der Waals surface area contributed by atoms with E-state index in [0.717, 1.165) is 23.4 Å². The first kappa shape index (κ1) is 10.9. The summed E-state index contributed by atoms with van der Waals surface area (Å²) >= 11 is 3.41. The quantitative estimate of drug-likeness (QED) is 0.840. The first-order chi connectivity index (χ1) is 7.36. The van der Waals surface area contributed by atoms with Crippen LogP contribution in [0.5, 0.6) is 5.75 Å². The van der Waals surface area contributed by atoms with Gasteiger partial charge in [-0.25, -0.2) is 0 Å². The molecule has 0 aliphatic carbocycles. The maximum Gasteiger partial charge on any atom is 0.136 e. The van der Waals surface area contributed by atoms with Crippen LogP contribution in [0.4, 0.5) is 0 Å². The molecule has 0 saturated carbocycles. The van der Waals surface area contributed by atoms with Crippen molar-refractivity contribution in [3.63, 3.8) is 0 Å². The normalized spacial score (nSPS) is 16.9. The molecule has 0 bridgehead atoms. The van der Waals surface area contributed by atoms with Gasteiger partial charge in [-0.15, -0.1) is 0 Å². The second kappa shape index (κ2) is 5.47. The molecule has 4 heteroatoms. The summed E-state index contributed by atoms with van der Waals surface area (Å²) in [5, 5.41) is 0. The Morgan fingerprint density at radius 1 is 1.40 bits per heavy atom. The lowest BCUT2D eigenvalue weighted by atomic mass is 10.4. The molecule has 2 heterocycles. The summed E-state index contributed by atoms with van der Waals surface area (Å²) in [4.78, 5) is 6.43. The molecule has 1 aliphatic heterocycles. The van der Waals surface area contributed by atoms with Crippen LogP contribution in [0.3, 0.4) is 0 Å². The second-order valence-electron chi connectivity index (χ2n) is 3.70. The van der Waals surface area contributed by atoms with Crippen molar-refractivity contribution >= 4 is 15.9 Å². The Morgan fingerprint density at radius 3 is 2.93 bits per heavy atom. The number of hydrogen-bond acceptors (Lipinski definition) is 3. The lowest BCUT2D eigenvalue weighted by Crippen LogP contribution is -2.25. The smallest absolute Gasteiger partial charge is 0.136 e. The minimum atomic E-state index is 0.753. The number of rotatable bonds is 4. The minimum Gasteiger partial charge on any atom is -0.491 e. The maximum atomic E-state index is 5.67. The highest BCUT2D eigenvalue weighted by molar-refractivity contribution is 9.10. The molecule has 0 spiro atoms. The van der Waals surface area contributed by atoms with Crippen molar-refractivity contribution in [1.82, 2.24) is 9.88 Å². The summed E-state index contributed by atoms with van der Waals surface area (Å²) in [6.07, 6.45) is 6.17. The van der Waals surface area contributed by atoms with Crippen molar-refractivity contribution in [1.29, 1.82) is 0 Å². The zero-order valence-electron chi connectivity index (χ0n) is 8.66. The molecule has 0 amide bonds. The average Bonchev–Trinajstić information content (AvgIpc) is 2.74. The summed E-state index contributed by atoms with van der Waals surface area (Å²) in [5.41, 5.74) is 0. The monoisotopic (exact) mass is 270 g/mol. The molecule has 1 aromatic heterocycles. The van der Waals surface area contributed by atoms with E-state index in [-0.39, 0.29) is 0 Å². The summed E-state index contributed by atoms with van der Waals surface area (Å²) < 4.78 is 6.59. The SMILES string of the molecule is Brc1cnccc1OCCN1CCCC1. The number of aromatic nitrogens is 1. The third-order valence-electron chi connectivity index (χ3n) is 2.60. The number of pyridine rings is 1. The van der Waals surface area contributed by atoms with Crippen LogP contribution in [-0.4, -0.2) is 36.1 Å². The van der Waals surface area contributed by atoms with Crippen molar-refractivity contribution < 1.29 is 4.74 Å². The van der Waals surface area contributed by atoms with Crippen molar-refractivity contribution in [2.75, 3.05) is 26.2 Å². The summed E-state index contributed by atoms with van der Waals surface area (Å²) in [6.45, 7) is 4.22. The highest BCUT2D eigenvalue weighted by Crippen LogP contribution is 2.22. The van der Waals surface area contributed by atoms with E-state index in [0.29, 0.717) is 0 Å². The molecule has 1 saturated heterocycles. The maximum absolute atomic E-state index is 5.67. The Morgan fingerprint density at radius 2 is 2.20 bits per heavy atom. The number of halogens is 1. The molecule has 82 valence electrons. The van der Waals surface area contributed by atoms with Crippen LogP contribution in [0.15, 0.2) is 22.9 Å². The molecule has 3 nitrogen and oxygen atoms in total. The van der Waals surface area contributed by atoms with E-state index in [1.807, 2.05) is 6.07 Å². The third kappa shape index (κ3) is 3.18. The predicted octanol–water partition coefficient (Wildman–Crippen LogP) is 2.32. The highest BCUT2D eigenvalue weighted by atomic mass is 79.9. The van der Waals surface area contributed by atoms with E-state index in [2.05, 4.69) is 25.8 Å². The van der Waals surface area contributed by atoms with Gasteiger partial charge >= 0.3 is 0 Å². The Bertz CT molecular complexity index is 313. The molecule has 0 unspecified atom stereocenters. The largest absolute Gasteiger partial charge is 0.491 e. The molecule has 0 aromatic carbocycles. The van der Waals surface area contributed by atoms with Gasteiger partial charge in [0.15, 0.2) is 0 Å². The molecule has 2 rings (SSSR count). The number of likely N-dealkylation sites (tertiary alicyclic amines) is 1. The van der Waals surface area contributed by atoms with Gasteiger partial charge in [0, 0.05) is 18.9 Å². The fourth-order valence-corrected chi connectivity index (χ4v) is 2.14. The zero-order chi connectivity index (χ0) is 10.5. The minimum absolute atomic E-state index is 0.753. The first-order valence-corrected chi connectivity index (χ1v) is 6.10. The first-order valence-electron chi connectivity index (χ1n) is 5.31. The second-order valence-corrected chi connectivity index (χ2v) is 4.56. The van der Waals surface area contributed by atoms with Gasteiger partial charge in [0.05, 0.1) is 4.47 Å². The molecule has 1 fully saturated rings. The lowest BCUT2D eigenvalue weighted by molar-refractivity contribution is 0.236. The Labute approximate surface area is 98.6 Å². The van der Waals surface area contributed by atoms with Gasteiger partial charge in [-0.2, -0.15) is 0 Å². The molecule has 1 aromatic rings. The van der Waals surface area contributed by atoms with E-state index < -0.39 is 0 Å². The standard InChI is InChI=1S/C11H15BrN2O/c12-10-9-13-4-3-11(10)15-8-7-14-5-1-2-6-14/h3-4,9H,1-2,5-8H2. The van der Waals surface area contributed by atoms with Crippen LogP contribution in [0.25, 0.3) is 0 Å². The van der Waals surface area contributed by atoms with Gasteiger partial charge in [-0.05, 0) is 47.9 Å². The molecule has 0 atom stereocenters. The average molecular weight is 271 g/mol. The van der Waals surface area contributed by atoms with Gasteiger partial charge in [0.1, 0.15) is 12.4 Å². The van der Waals surface area contributed by atoms with Gasteiger partial charge < -0.3 is 4.74 Å². The number of nitrogens with zero attached hydrogens (tertiary/aromatic N) is 2. The topological polar surface area (TPSA) is 25.4 Å². The van der Waals surface area contributed by atoms with Crippen molar-refractivity contribution in [2.24, 2.45) is 0 Å². The molecule has 0 N–H and O–H groups in total. The molecule has 0 radical (unpaired) electrons. The van der Waals surface area contributed by atoms with E-state index in [1.165, 1.54) is 25.9 Å². The van der Waals surface area contributed by atoms with Crippen LogP contribution < -0.4 is 4.74 Å². The summed E-state index contributed by atoms with van der Waals surface area (Å²) in [7, 11) is 0. The van der Waals surface area contributed by atoms with Crippen molar-refractivity contribution in [3.8, 4) is 5.75 Å². The number of ether oxygens (including phenoxy) is 1. The molecular formula is C11H15BrN2O. The van der Waals surface area contributed by atoms with Crippen LogP contribution >= 0.6 is 15.9 Å². The van der Waals surface area contributed by atoms with Gasteiger partial charge in [0.2, 0.25) is 0 Å². The van der Waals surface area contributed by atoms with Crippen LogP contribution in [0.2, 0.25) is 0 Å². The Kier molecular flexibility index (Phi) is 3.97. The Hall–Kier alpha value is -0.610. The lowest BCUT2D eigenvalue weighted by Gasteiger charge is -2.15. The fraction of sp³-hybridized carbons (Fsp3) is 0.545.